The third-order valence-electron chi connectivity index (χ3n) is 4.59. The van der Waals surface area contributed by atoms with E-state index in [2.05, 4.69) is 11.9 Å². The Morgan fingerprint density at radius 3 is 2.76 bits per heavy atom. The van der Waals surface area contributed by atoms with Gasteiger partial charge in [0.2, 0.25) is 11.8 Å². The Balaban J connectivity index is 1.66. The summed E-state index contributed by atoms with van der Waals surface area (Å²) in [5.41, 5.74) is 3.49. The SMILES string of the molecule is C=CCOc1ccc(/C=C/C(=O)Nc2ccc3c(c2)CCN3C(C)=O)cc1OC. The van der Waals surface area contributed by atoms with E-state index in [-0.39, 0.29) is 11.8 Å². The van der Waals surface area contributed by atoms with E-state index in [0.717, 1.165) is 23.2 Å². The lowest BCUT2D eigenvalue weighted by Crippen LogP contribution is -2.25. The highest BCUT2D eigenvalue weighted by molar-refractivity contribution is 6.02. The zero-order chi connectivity index (χ0) is 20.8. The molecule has 1 N–H and O–H groups in total. The Morgan fingerprint density at radius 1 is 1.21 bits per heavy atom. The van der Waals surface area contributed by atoms with Crippen molar-refractivity contribution in [2.75, 3.05) is 30.5 Å². The van der Waals surface area contributed by atoms with E-state index in [1.807, 2.05) is 18.2 Å². The predicted molar refractivity (Wildman–Crippen MR) is 115 cm³/mol. The summed E-state index contributed by atoms with van der Waals surface area (Å²) >= 11 is 0. The van der Waals surface area contributed by atoms with Crippen LogP contribution in [0, 0.1) is 0 Å². The van der Waals surface area contributed by atoms with Crippen molar-refractivity contribution in [1.82, 2.24) is 0 Å². The van der Waals surface area contributed by atoms with Gasteiger partial charge in [-0.2, -0.15) is 0 Å². The summed E-state index contributed by atoms with van der Waals surface area (Å²) in [5.74, 6) is 0.993. The molecule has 0 radical (unpaired) electrons. The summed E-state index contributed by atoms with van der Waals surface area (Å²) in [7, 11) is 1.57. The number of nitrogens with zero attached hydrogens (tertiary/aromatic N) is 1. The number of amides is 2. The topological polar surface area (TPSA) is 67.9 Å². The highest BCUT2D eigenvalue weighted by atomic mass is 16.5. The second kappa shape index (κ2) is 9.10. The standard InChI is InChI=1S/C23H24N2O4/c1-4-13-29-21-9-5-17(14-22(21)28-3)6-10-23(27)24-19-7-8-20-18(15-19)11-12-25(20)16(2)26/h4-10,14-15H,1,11-13H2,2-3H3,(H,24,27)/b10-6+. The molecule has 2 aromatic rings. The number of methoxy groups -OCH3 is 1. The van der Waals surface area contributed by atoms with Crippen LogP contribution in [-0.2, 0) is 16.0 Å². The molecule has 2 aromatic carbocycles. The maximum atomic E-state index is 12.3. The molecule has 1 heterocycles. The zero-order valence-electron chi connectivity index (χ0n) is 16.6. The molecule has 1 aliphatic rings. The molecule has 0 atom stereocenters. The van der Waals surface area contributed by atoms with Gasteiger partial charge in [-0.05, 0) is 54.0 Å². The number of rotatable bonds is 7. The number of benzene rings is 2. The molecule has 0 aromatic heterocycles. The zero-order valence-corrected chi connectivity index (χ0v) is 16.6. The second-order valence-corrected chi connectivity index (χ2v) is 6.60. The molecule has 3 rings (SSSR count). The van der Waals surface area contributed by atoms with Gasteiger partial charge in [-0.1, -0.05) is 18.7 Å². The van der Waals surface area contributed by atoms with Crippen molar-refractivity contribution in [3.8, 4) is 11.5 Å². The third kappa shape index (κ3) is 4.85. The Kier molecular flexibility index (Phi) is 6.34. The fourth-order valence-corrected chi connectivity index (χ4v) is 3.22. The van der Waals surface area contributed by atoms with Crippen LogP contribution in [-0.4, -0.2) is 32.1 Å². The van der Waals surface area contributed by atoms with Gasteiger partial charge in [0.1, 0.15) is 6.61 Å². The molecule has 0 saturated heterocycles. The number of fused-ring (bicyclic) bond motifs is 1. The molecule has 0 spiro atoms. The molecule has 0 aliphatic carbocycles. The summed E-state index contributed by atoms with van der Waals surface area (Å²) in [5, 5.41) is 2.86. The molecule has 0 fully saturated rings. The van der Waals surface area contributed by atoms with Crippen LogP contribution in [0.25, 0.3) is 6.08 Å². The van der Waals surface area contributed by atoms with Crippen LogP contribution in [0.15, 0.2) is 55.1 Å². The van der Waals surface area contributed by atoms with E-state index in [1.54, 1.807) is 49.3 Å². The highest BCUT2D eigenvalue weighted by Gasteiger charge is 2.22. The molecular weight excluding hydrogens is 368 g/mol. The molecule has 6 nitrogen and oxygen atoms in total. The van der Waals surface area contributed by atoms with Gasteiger partial charge in [0.15, 0.2) is 11.5 Å². The van der Waals surface area contributed by atoms with E-state index in [4.69, 9.17) is 9.47 Å². The molecule has 6 heteroatoms. The number of anilines is 2. The van der Waals surface area contributed by atoms with Crippen molar-refractivity contribution in [2.45, 2.75) is 13.3 Å². The summed E-state index contributed by atoms with van der Waals surface area (Å²) in [4.78, 5) is 25.7. The fourth-order valence-electron chi connectivity index (χ4n) is 3.22. The fraction of sp³-hybridized carbons (Fsp3) is 0.217. The quantitative estimate of drug-likeness (QED) is 0.575. The van der Waals surface area contributed by atoms with Gasteiger partial charge in [-0.15, -0.1) is 0 Å². The predicted octanol–water partition coefficient (Wildman–Crippen LogP) is 3.82. The second-order valence-electron chi connectivity index (χ2n) is 6.60. The lowest BCUT2D eigenvalue weighted by atomic mass is 10.1. The van der Waals surface area contributed by atoms with Crippen LogP contribution in [0.5, 0.6) is 11.5 Å². The maximum Gasteiger partial charge on any atom is 0.248 e. The van der Waals surface area contributed by atoms with Gasteiger partial charge in [-0.25, -0.2) is 0 Å². The van der Waals surface area contributed by atoms with Gasteiger partial charge in [0, 0.05) is 30.9 Å². The third-order valence-corrected chi connectivity index (χ3v) is 4.59. The van der Waals surface area contributed by atoms with Crippen LogP contribution in [0.4, 0.5) is 11.4 Å². The molecule has 0 bridgehead atoms. The number of carbonyl (C=O) groups is 2. The van der Waals surface area contributed by atoms with Crippen molar-refractivity contribution < 1.29 is 19.1 Å². The van der Waals surface area contributed by atoms with E-state index >= 15 is 0 Å². The number of hydrogen-bond acceptors (Lipinski definition) is 4. The molecule has 29 heavy (non-hydrogen) atoms. The highest BCUT2D eigenvalue weighted by Crippen LogP contribution is 2.31. The first-order valence-corrected chi connectivity index (χ1v) is 9.33. The lowest BCUT2D eigenvalue weighted by molar-refractivity contribution is -0.116. The number of hydrogen-bond donors (Lipinski definition) is 1. The van der Waals surface area contributed by atoms with E-state index in [1.165, 1.54) is 6.08 Å². The monoisotopic (exact) mass is 392 g/mol. The Bertz CT molecular complexity index is 965. The van der Waals surface area contributed by atoms with Crippen molar-refractivity contribution in [3.05, 3.63) is 66.3 Å². The minimum atomic E-state index is -0.239. The minimum Gasteiger partial charge on any atom is -0.493 e. The number of nitrogens with one attached hydrogen (secondary N) is 1. The first kappa shape index (κ1) is 20.2. The van der Waals surface area contributed by atoms with E-state index in [0.29, 0.717) is 30.3 Å². The van der Waals surface area contributed by atoms with E-state index < -0.39 is 0 Å². The van der Waals surface area contributed by atoms with Gasteiger partial charge in [0.25, 0.3) is 0 Å². The first-order chi connectivity index (χ1) is 14.0. The van der Waals surface area contributed by atoms with Gasteiger partial charge >= 0.3 is 0 Å². The normalized spacial score (nSPS) is 12.6. The molecule has 0 unspecified atom stereocenters. The van der Waals surface area contributed by atoms with Gasteiger partial charge in [0.05, 0.1) is 7.11 Å². The van der Waals surface area contributed by atoms with Crippen molar-refractivity contribution >= 4 is 29.3 Å². The summed E-state index contributed by atoms with van der Waals surface area (Å²) in [6.45, 7) is 6.25. The van der Waals surface area contributed by atoms with Crippen LogP contribution in [0.1, 0.15) is 18.1 Å². The van der Waals surface area contributed by atoms with Crippen molar-refractivity contribution in [3.63, 3.8) is 0 Å². The average Bonchev–Trinajstić information content (AvgIpc) is 3.14. The lowest BCUT2D eigenvalue weighted by Gasteiger charge is -2.14. The van der Waals surface area contributed by atoms with Crippen molar-refractivity contribution in [2.24, 2.45) is 0 Å². The van der Waals surface area contributed by atoms with Crippen LogP contribution in [0.3, 0.4) is 0 Å². The minimum absolute atomic E-state index is 0.0276. The Labute approximate surface area is 170 Å². The Morgan fingerprint density at radius 2 is 2.03 bits per heavy atom. The smallest absolute Gasteiger partial charge is 0.248 e. The van der Waals surface area contributed by atoms with Gasteiger partial charge in [-0.3, -0.25) is 9.59 Å². The van der Waals surface area contributed by atoms with E-state index in [9.17, 15) is 9.59 Å². The largest absolute Gasteiger partial charge is 0.493 e. The number of carbonyl (C=O) groups excluding carboxylic acids is 2. The van der Waals surface area contributed by atoms with Crippen LogP contribution in [0.2, 0.25) is 0 Å². The Hall–Kier alpha value is -3.54. The van der Waals surface area contributed by atoms with Crippen molar-refractivity contribution in [1.29, 1.82) is 0 Å². The molecular formula is C23H24N2O4. The average molecular weight is 392 g/mol. The molecule has 1 aliphatic heterocycles. The number of ether oxygens (including phenoxy) is 2. The molecule has 0 saturated carbocycles. The summed E-state index contributed by atoms with van der Waals surface area (Å²) < 4.78 is 10.9. The maximum absolute atomic E-state index is 12.3. The first-order valence-electron chi connectivity index (χ1n) is 9.33. The van der Waals surface area contributed by atoms with Gasteiger partial charge < -0.3 is 19.7 Å². The van der Waals surface area contributed by atoms with Crippen LogP contribution >= 0.6 is 0 Å². The van der Waals surface area contributed by atoms with Crippen LogP contribution < -0.4 is 19.7 Å². The summed E-state index contributed by atoms with van der Waals surface area (Å²) in [6, 6.07) is 11.0. The summed E-state index contributed by atoms with van der Waals surface area (Å²) in [6.07, 6.45) is 5.62. The molecule has 150 valence electrons. The molecule has 2 amide bonds.